The lowest BCUT2D eigenvalue weighted by Gasteiger charge is -2.19. The Balaban J connectivity index is 2.46. The fourth-order valence-corrected chi connectivity index (χ4v) is 2.94. The van der Waals surface area contributed by atoms with Crippen molar-refractivity contribution in [3.63, 3.8) is 0 Å². The quantitative estimate of drug-likeness (QED) is 0.185. The number of nitrogens with two attached hydrogens (primary N) is 1. The molecule has 0 aromatic heterocycles. The van der Waals surface area contributed by atoms with Gasteiger partial charge in [0.15, 0.2) is 5.84 Å². The fraction of sp³-hybridized carbons (Fsp3) is 0.0500. The molecule has 0 fully saturated rings. The predicted molar refractivity (Wildman–Crippen MR) is 96.4 cm³/mol. The molecule has 3 rings (SSSR count). The average molecular weight is 408 g/mol. The number of aromatic hydroxyl groups is 1. The van der Waals surface area contributed by atoms with Crippen LogP contribution in [0, 0.1) is 11.6 Å². The van der Waals surface area contributed by atoms with Crippen LogP contribution in [0.15, 0.2) is 59.8 Å². The molecule has 3 aromatic rings. The highest BCUT2D eigenvalue weighted by atomic mass is 19.4. The predicted octanol–water partition coefficient (Wildman–Crippen LogP) is 5.12. The zero-order valence-corrected chi connectivity index (χ0v) is 14.5. The molecule has 0 aliphatic rings. The lowest BCUT2D eigenvalue weighted by Crippen LogP contribution is -2.17. The molecule has 0 heterocycles. The second-order valence-electron chi connectivity index (χ2n) is 6.13. The fourth-order valence-electron chi connectivity index (χ4n) is 2.94. The van der Waals surface area contributed by atoms with Gasteiger partial charge in [-0.05, 0) is 53.1 Å². The van der Waals surface area contributed by atoms with E-state index in [2.05, 4.69) is 5.16 Å². The van der Waals surface area contributed by atoms with Crippen LogP contribution in [0.5, 0.6) is 5.75 Å². The highest BCUT2D eigenvalue weighted by molar-refractivity contribution is 6.07. The standard InChI is InChI=1S/C20H13F5N2O2/c21-13-5-11(6-14(22)9-13)18-16(10-1-3-15(28)4-2-10)7-12(20(23,24)25)8-17(18)19(26)27-29/h1-9,28-29H,(H2,26,27). The molecule has 3 aromatic carbocycles. The van der Waals surface area contributed by atoms with Gasteiger partial charge in [-0.2, -0.15) is 13.2 Å². The summed E-state index contributed by atoms with van der Waals surface area (Å²) in [4.78, 5) is 0. The Bertz CT molecular complexity index is 1070. The average Bonchev–Trinajstić information content (AvgIpc) is 2.65. The molecule has 0 amide bonds. The number of phenolic OH excluding ortho intramolecular Hbond substituents is 1. The number of amidine groups is 1. The van der Waals surface area contributed by atoms with Crippen LogP contribution in [-0.4, -0.2) is 16.1 Å². The van der Waals surface area contributed by atoms with Gasteiger partial charge in [-0.15, -0.1) is 0 Å². The molecular weight excluding hydrogens is 395 g/mol. The normalized spacial score (nSPS) is 12.2. The van der Waals surface area contributed by atoms with Crippen molar-refractivity contribution in [2.45, 2.75) is 6.18 Å². The number of rotatable bonds is 3. The summed E-state index contributed by atoms with van der Waals surface area (Å²) < 4.78 is 68.0. The van der Waals surface area contributed by atoms with Crippen molar-refractivity contribution in [3.8, 4) is 28.0 Å². The third kappa shape index (κ3) is 4.13. The van der Waals surface area contributed by atoms with Crippen LogP contribution in [0.3, 0.4) is 0 Å². The Kier molecular flexibility index (Phi) is 5.15. The van der Waals surface area contributed by atoms with E-state index >= 15 is 0 Å². The zero-order chi connectivity index (χ0) is 21.3. The molecule has 0 aliphatic carbocycles. The van der Waals surface area contributed by atoms with Crippen molar-refractivity contribution in [2.75, 3.05) is 0 Å². The molecular formula is C20H13F5N2O2. The van der Waals surface area contributed by atoms with Gasteiger partial charge >= 0.3 is 6.18 Å². The number of hydrogen-bond acceptors (Lipinski definition) is 3. The van der Waals surface area contributed by atoms with Crippen molar-refractivity contribution in [3.05, 3.63) is 77.4 Å². The number of alkyl halides is 3. The second kappa shape index (κ2) is 7.42. The van der Waals surface area contributed by atoms with Gasteiger partial charge in [-0.3, -0.25) is 0 Å². The summed E-state index contributed by atoms with van der Waals surface area (Å²) in [6, 6.07) is 9.03. The number of oxime groups is 1. The lowest BCUT2D eigenvalue weighted by molar-refractivity contribution is -0.137. The third-order valence-electron chi connectivity index (χ3n) is 4.18. The number of nitrogens with zero attached hydrogens (tertiary/aromatic N) is 1. The first-order valence-electron chi connectivity index (χ1n) is 8.09. The van der Waals surface area contributed by atoms with Crippen molar-refractivity contribution >= 4 is 5.84 Å². The lowest BCUT2D eigenvalue weighted by atomic mass is 9.88. The summed E-state index contributed by atoms with van der Waals surface area (Å²) in [5.74, 6) is -2.71. The molecule has 0 unspecified atom stereocenters. The molecule has 0 saturated carbocycles. The second-order valence-corrected chi connectivity index (χ2v) is 6.13. The Morgan fingerprint density at radius 3 is 1.97 bits per heavy atom. The Hall–Kier alpha value is -3.62. The molecule has 4 nitrogen and oxygen atoms in total. The van der Waals surface area contributed by atoms with Crippen LogP contribution in [-0.2, 0) is 6.18 Å². The minimum atomic E-state index is -4.78. The van der Waals surface area contributed by atoms with Crippen LogP contribution in [0.4, 0.5) is 22.0 Å². The van der Waals surface area contributed by atoms with Crippen LogP contribution < -0.4 is 5.73 Å². The largest absolute Gasteiger partial charge is 0.508 e. The Morgan fingerprint density at radius 2 is 1.45 bits per heavy atom. The van der Waals surface area contributed by atoms with Gasteiger partial charge in [-0.25, -0.2) is 8.78 Å². The maximum atomic E-state index is 13.8. The van der Waals surface area contributed by atoms with Crippen LogP contribution >= 0.6 is 0 Å². The number of hydrogen-bond donors (Lipinski definition) is 3. The molecule has 0 radical (unpaired) electrons. The van der Waals surface area contributed by atoms with Crippen LogP contribution in [0.1, 0.15) is 11.1 Å². The number of halogens is 5. The summed E-state index contributed by atoms with van der Waals surface area (Å²) in [5.41, 5.74) is 4.07. The summed E-state index contributed by atoms with van der Waals surface area (Å²) >= 11 is 0. The Labute approximate surface area is 161 Å². The van der Waals surface area contributed by atoms with Crippen molar-refractivity contribution in [1.29, 1.82) is 0 Å². The van der Waals surface area contributed by atoms with E-state index in [-0.39, 0.29) is 33.6 Å². The molecule has 150 valence electrons. The monoisotopic (exact) mass is 408 g/mol. The highest BCUT2D eigenvalue weighted by Crippen LogP contribution is 2.41. The minimum Gasteiger partial charge on any atom is -0.508 e. The molecule has 0 saturated heterocycles. The van der Waals surface area contributed by atoms with Gasteiger partial charge in [0.25, 0.3) is 0 Å². The molecule has 0 aliphatic heterocycles. The number of benzene rings is 3. The number of phenols is 1. The van der Waals surface area contributed by atoms with E-state index < -0.39 is 29.2 Å². The SMILES string of the molecule is NC(=NO)c1cc(C(F)(F)F)cc(-c2ccc(O)cc2)c1-c1cc(F)cc(F)c1. The van der Waals surface area contributed by atoms with E-state index in [4.69, 9.17) is 10.9 Å². The molecule has 0 bridgehead atoms. The third-order valence-corrected chi connectivity index (χ3v) is 4.18. The summed E-state index contributed by atoms with van der Waals surface area (Å²) in [6.45, 7) is 0. The topological polar surface area (TPSA) is 78.8 Å². The van der Waals surface area contributed by atoms with Crippen LogP contribution in [0.2, 0.25) is 0 Å². The van der Waals surface area contributed by atoms with Crippen molar-refractivity contribution in [1.82, 2.24) is 0 Å². The van der Waals surface area contributed by atoms with E-state index in [9.17, 15) is 27.1 Å². The first kappa shape index (κ1) is 20.1. The van der Waals surface area contributed by atoms with E-state index in [0.29, 0.717) is 12.1 Å². The van der Waals surface area contributed by atoms with Crippen LogP contribution in [0.25, 0.3) is 22.3 Å². The van der Waals surface area contributed by atoms with E-state index in [1.807, 2.05) is 0 Å². The molecule has 0 spiro atoms. The summed E-state index contributed by atoms with van der Waals surface area (Å²) in [5, 5.41) is 21.3. The van der Waals surface area contributed by atoms with E-state index in [1.54, 1.807) is 0 Å². The van der Waals surface area contributed by atoms with Gasteiger partial charge in [0.2, 0.25) is 0 Å². The molecule has 0 atom stereocenters. The minimum absolute atomic E-state index is 0.0719. The van der Waals surface area contributed by atoms with Gasteiger partial charge in [0, 0.05) is 17.2 Å². The Morgan fingerprint density at radius 1 is 0.862 bits per heavy atom. The molecule has 29 heavy (non-hydrogen) atoms. The highest BCUT2D eigenvalue weighted by Gasteiger charge is 2.33. The molecule has 4 N–H and O–H groups in total. The summed E-state index contributed by atoms with van der Waals surface area (Å²) in [7, 11) is 0. The van der Waals surface area contributed by atoms with Gasteiger partial charge in [0.05, 0.1) is 5.56 Å². The van der Waals surface area contributed by atoms with E-state index in [0.717, 1.165) is 18.2 Å². The first-order valence-corrected chi connectivity index (χ1v) is 8.09. The zero-order valence-electron chi connectivity index (χ0n) is 14.5. The van der Waals surface area contributed by atoms with Gasteiger partial charge in [-0.1, -0.05) is 17.3 Å². The van der Waals surface area contributed by atoms with Gasteiger partial charge < -0.3 is 16.0 Å². The molecule has 9 heteroatoms. The maximum Gasteiger partial charge on any atom is 0.416 e. The summed E-state index contributed by atoms with van der Waals surface area (Å²) in [6.07, 6.45) is -4.78. The van der Waals surface area contributed by atoms with E-state index in [1.165, 1.54) is 24.3 Å². The first-order chi connectivity index (χ1) is 13.6. The maximum absolute atomic E-state index is 13.8. The van der Waals surface area contributed by atoms with Gasteiger partial charge in [0.1, 0.15) is 17.4 Å². The van der Waals surface area contributed by atoms with Crippen molar-refractivity contribution < 1.29 is 32.3 Å². The smallest absolute Gasteiger partial charge is 0.416 e. The van der Waals surface area contributed by atoms with Crippen molar-refractivity contribution in [2.24, 2.45) is 10.9 Å².